The minimum atomic E-state index is -0.212. The number of likely N-dealkylation sites (N-methyl/N-ethyl adjacent to an activating group) is 1. The highest BCUT2D eigenvalue weighted by Gasteiger charge is 2.30. The van der Waals surface area contributed by atoms with Crippen LogP contribution in [0.15, 0.2) is 24.3 Å². The summed E-state index contributed by atoms with van der Waals surface area (Å²) >= 11 is 0. The van der Waals surface area contributed by atoms with E-state index in [9.17, 15) is 9.59 Å². The Labute approximate surface area is 124 Å². The number of rotatable bonds is 1. The predicted molar refractivity (Wildman–Crippen MR) is 81.0 cm³/mol. The van der Waals surface area contributed by atoms with Crippen LogP contribution in [-0.2, 0) is 16.0 Å². The van der Waals surface area contributed by atoms with E-state index in [1.165, 1.54) is 5.56 Å². The van der Waals surface area contributed by atoms with Gasteiger partial charge in [0.2, 0.25) is 11.8 Å². The van der Waals surface area contributed by atoms with Gasteiger partial charge in [-0.05, 0) is 30.9 Å². The zero-order valence-electron chi connectivity index (χ0n) is 12.3. The van der Waals surface area contributed by atoms with E-state index in [-0.39, 0.29) is 24.4 Å². The summed E-state index contributed by atoms with van der Waals surface area (Å²) < 4.78 is 0. The van der Waals surface area contributed by atoms with E-state index in [0.29, 0.717) is 6.54 Å². The number of para-hydroxylation sites is 1. The van der Waals surface area contributed by atoms with Crippen LogP contribution < -0.4 is 5.32 Å². The number of carbonyl (C=O) groups is 2. The highest BCUT2D eigenvalue weighted by molar-refractivity contribution is 5.90. The van der Waals surface area contributed by atoms with Crippen molar-refractivity contribution >= 4 is 17.5 Å². The Bertz CT molecular complexity index is 558. The van der Waals surface area contributed by atoms with Crippen LogP contribution in [0.1, 0.15) is 18.4 Å². The molecule has 21 heavy (non-hydrogen) atoms. The Balaban J connectivity index is 1.70. The predicted octanol–water partition coefficient (Wildman–Crippen LogP) is 1.10. The lowest BCUT2D eigenvalue weighted by Crippen LogP contribution is -2.47. The number of hydrogen-bond acceptors (Lipinski definition) is 3. The van der Waals surface area contributed by atoms with Gasteiger partial charge < -0.3 is 15.1 Å². The molecule has 2 aliphatic heterocycles. The quantitative estimate of drug-likeness (QED) is 0.841. The number of aryl methyl sites for hydroxylation is 1. The van der Waals surface area contributed by atoms with E-state index in [2.05, 4.69) is 11.4 Å². The van der Waals surface area contributed by atoms with Gasteiger partial charge in [-0.25, -0.2) is 0 Å². The Morgan fingerprint density at radius 1 is 1.29 bits per heavy atom. The molecule has 5 heteroatoms. The molecule has 1 atom stereocenters. The number of amides is 2. The molecule has 3 rings (SSSR count). The van der Waals surface area contributed by atoms with Gasteiger partial charge in [0, 0.05) is 25.8 Å². The highest BCUT2D eigenvalue weighted by Crippen LogP contribution is 2.25. The molecule has 2 heterocycles. The number of benzene rings is 1. The summed E-state index contributed by atoms with van der Waals surface area (Å²) in [6.07, 6.45) is 2.54. The third-order valence-corrected chi connectivity index (χ3v) is 4.33. The molecule has 0 aromatic heterocycles. The average molecular weight is 287 g/mol. The largest absolute Gasteiger partial charge is 0.373 e. The van der Waals surface area contributed by atoms with E-state index in [1.807, 2.05) is 18.2 Å². The van der Waals surface area contributed by atoms with Gasteiger partial charge in [0.05, 0.1) is 6.54 Å². The molecule has 1 saturated heterocycles. The second-order valence-electron chi connectivity index (χ2n) is 5.82. The van der Waals surface area contributed by atoms with Crippen LogP contribution in [0.5, 0.6) is 0 Å². The fourth-order valence-electron chi connectivity index (χ4n) is 3.02. The van der Waals surface area contributed by atoms with Crippen LogP contribution in [0.25, 0.3) is 0 Å². The maximum Gasteiger partial charge on any atom is 0.245 e. The molecule has 2 amide bonds. The summed E-state index contributed by atoms with van der Waals surface area (Å²) in [5.74, 6) is 0.0743. The first-order valence-corrected chi connectivity index (χ1v) is 7.52. The third kappa shape index (κ3) is 2.86. The maximum atomic E-state index is 12.7. The van der Waals surface area contributed by atoms with Crippen LogP contribution in [0.4, 0.5) is 5.69 Å². The van der Waals surface area contributed by atoms with Crippen molar-refractivity contribution in [2.75, 3.05) is 32.0 Å². The Morgan fingerprint density at radius 3 is 2.95 bits per heavy atom. The lowest BCUT2D eigenvalue weighted by molar-refractivity contribution is -0.138. The normalized spacial score (nSPS) is 22.3. The summed E-state index contributed by atoms with van der Waals surface area (Å²) in [6, 6.07) is 7.88. The number of nitrogens with one attached hydrogen (secondary N) is 1. The molecule has 1 N–H and O–H groups in total. The summed E-state index contributed by atoms with van der Waals surface area (Å²) in [6.45, 7) is 1.59. The third-order valence-electron chi connectivity index (χ3n) is 4.33. The monoisotopic (exact) mass is 287 g/mol. The molecule has 1 aromatic rings. The van der Waals surface area contributed by atoms with Crippen molar-refractivity contribution in [1.82, 2.24) is 9.80 Å². The van der Waals surface area contributed by atoms with Crippen molar-refractivity contribution < 1.29 is 9.59 Å². The molecule has 5 nitrogen and oxygen atoms in total. The van der Waals surface area contributed by atoms with Gasteiger partial charge in [0.25, 0.3) is 0 Å². The molecule has 0 radical (unpaired) electrons. The molecular formula is C16H21N3O2. The van der Waals surface area contributed by atoms with Crippen LogP contribution in [-0.4, -0.2) is 54.3 Å². The van der Waals surface area contributed by atoms with Crippen molar-refractivity contribution in [3.05, 3.63) is 29.8 Å². The van der Waals surface area contributed by atoms with Gasteiger partial charge in [-0.3, -0.25) is 9.59 Å². The summed E-state index contributed by atoms with van der Waals surface area (Å²) in [5, 5.41) is 3.32. The number of carbonyl (C=O) groups excluding carboxylic acids is 2. The zero-order valence-corrected chi connectivity index (χ0v) is 12.3. The summed E-state index contributed by atoms with van der Waals surface area (Å²) in [5.41, 5.74) is 2.30. The summed E-state index contributed by atoms with van der Waals surface area (Å²) in [4.78, 5) is 28.0. The molecule has 0 aliphatic carbocycles. The topological polar surface area (TPSA) is 52.6 Å². The fraction of sp³-hybridized carbons (Fsp3) is 0.500. The smallest absolute Gasteiger partial charge is 0.245 e. The van der Waals surface area contributed by atoms with Gasteiger partial charge in [-0.1, -0.05) is 18.2 Å². The van der Waals surface area contributed by atoms with Gasteiger partial charge in [0.15, 0.2) is 0 Å². The van der Waals surface area contributed by atoms with E-state index in [4.69, 9.17) is 0 Å². The van der Waals surface area contributed by atoms with E-state index >= 15 is 0 Å². The van der Waals surface area contributed by atoms with Crippen molar-refractivity contribution in [3.63, 3.8) is 0 Å². The van der Waals surface area contributed by atoms with Gasteiger partial charge in [-0.2, -0.15) is 0 Å². The summed E-state index contributed by atoms with van der Waals surface area (Å²) in [7, 11) is 1.80. The van der Waals surface area contributed by atoms with E-state index in [0.717, 1.165) is 31.5 Å². The van der Waals surface area contributed by atoms with E-state index in [1.54, 1.807) is 16.8 Å². The SMILES string of the molecule is CN1CCCN(C(=O)C2CCc3ccccc3N2)CC1=O. The molecular weight excluding hydrogens is 266 g/mol. The number of nitrogens with zero attached hydrogens (tertiary/aromatic N) is 2. The first-order chi connectivity index (χ1) is 10.1. The van der Waals surface area contributed by atoms with Crippen molar-refractivity contribution in [3.8, 4) is 0 Å². The number of hydrogen-bond donors (Lipinski definition) is 1. The average Bonchev–Trinajstić information content (AvgIpc) is 2.68. The van der Waals surface area contributed by atoms with E-state index < -0.39 is 0 Å². The number of fused-ring (bicyclic) bond motifs is 1. The minimum Gasteiger partial charge on any atom is -0.373 e. The Morgan fingerprint density at radius 2 is 2.10 bits per heavy atom. The van der Waals surface area contributed by atoms with Crippen molar-refractivity contribution in [2.45, 2.75) is 25.3 Å². The lowest BCUT2D eigenvalue weighted by Gasteiger charge is -2.30. The molecule has 1 aromatic carbocycles. The number of anilines is 1. The molecule has 0 spiro atoms. The lowest BCUT2D eigenvalue weighted by atomic mass is 9.97. The molecule has 112 valence electrons. The molecule has 1 fully saturated rings. The standard InChI is InChI=1S/C16H21N3O2/c1-18-9-4-10-19(11-15(18)20)16(21)14-8-7-12-5-2-3-6-13(12)17-14/h2-3,5-6,14,17H,4,7-11H2,1H3. The van der Waals surface area contributed by atoms with Crippen LogP contribution in [0.2, 0.25) is 0 Å². The first-order valence-electron chi connectivity index (χ1n) is 7.52. The van der Waals surface area contributed by atoms with Crippen LogP contribution >= 0.6 is 0 Å². The van der Waals surface area contributed by atoms with Gasteiger partial charge in [0.1, 0.15) is 6.04 Å². The maximum absolute atomic E-state index is 12.7. The fourth-order valence-corrected chi connectivity index (χ4v) is 3.02. The molecule has 1 unspecified atom stereocenters. The molecule has 0 bridgehead atoms. The van der Waals surface area contributed by atoms with Crippen molar-refractivity contribution in [1.29, 1.82) is 0 Å². The molecule has 2 aliphatic rings. The zero-order chi connectivity index (χ0) is 14.8. The second kappa shape index (κ2) is 5.76. The van der Waals surface area contributed by atoms with Crippen LogP contribution in [0.3, 0.4) is 0 Å². The first kappa shape index (κ1) is 13.9. The van der Waals surface area contributed by atoms with Gasteiger partial charge in [-0.15, -0.1) is 0 Å². The second-order valence-corrected chi connectivity index (χ2v) is 5.82. The highest BCUT2D eigenvalue weighted by atomic mass is 16.2. The Kier molecular flexibility index (Phi) is 3.82. The van der Waals surface area contributed by atoms with Crippen molar-refractivity contribution in [2.24, 2.45) is 0 Å². The molecule has 0 saturated carbocycles. The van der Waals surface area contributed by atoms with Gasteiger partial charge >= 0.3 is 0 Å². The minimum absolute atomic E-state index is 0.0251. The Hall–Kier alpha value is -2.04. The van der Waals surface area contributed by atoms with Crippen LogP contribution in [0, 0.1) is 0 Å².